The predicted molar refractivity (Wildman–Crippen MR) is 125 cm³/mol. The second-order valence-electron chi connectivity index (χ2n) is 8.75. The van der Waals surface area contributed by atoms with E-state index in [4.69, 9.17) is 21.1 Å². The van der Waals surface area contributed by atoms with Crippen LogP contribution in [0.15, 0.2) is 60.7 Å². The van der Waals surface area contributed by atoms with Crippen LogP contribution in [0.3, 0.4) is 0 Å². The van der Waals surface area contributed by atoms with Crippen molar-refractivity contribution >= 4 is 11.6 Å². The zero-order valence-corrected chi connectivity index (χ0v) is 18.7. The van der Waals surface area contributed by atoms with E-state index >= 15 is 0 Å². The molecule has 0 spiro atoms. The van der Waals surface area contributed by atoms with E-state index in [1.807, 2.05) is 12.1 Å². The van der Waals surface area contributed by atoms with Crippen LogP contribution in [0.1, 0.15) is 56.9 Å². The van der Waals surface area contributed by atoms with Gasteiger partial charge in [-0.25, -0.2) is 0 Å². The van der Waals surface area contributed by atoms with Crippen LogP contribution in [-0.2, 0) is 9.47 Å². The smallest absolute Gasteiger partial charge is 0.160 e. The van der Waals surface area contributed by atoms with Crippen molar-refractivity contribution < 1.29 is 9.47 Å². The van der Waals surface area contributed by atoms with E-state index < -0.39 is 0 Å². The van der Waals surface area contributed by atoms with Crippen LogP contribution in [0, 0.1) is 11.8 Å². The highest BCUT2D eigenvalue weighted by atomic mass is 35.5. The molecule has 160 valence electrons. The molecule has 1 aliphatic carbocycles. The Hall–Kier alpha value is -1.61. The lowest BCUT2D eigenvalue weighted by molar-refractivity contribution is -0.222. The summed E-state index contributed by atoms with van der Waals surface area (Å²) in [5, 5.41) is 0.779. The van der Waals surface area contributed by atoms with Crippen LogP contribution in [0.4, 0.5) is 0 Å². The Morgan fingerprint density at radius 2 is 1.47 bits per heavy atom. The molecule has 2 aliphatic rings. The summed E-state index contributed by atoms with van der Waals surface area (Å²) < 4.78 is 12.2. The second kappa shape index (κ2) is 10.6. The molecule has 0 N–H and O–H groups in total. The molecule has 0 bridgehead atoms. The van der Waals surface area contributed by atoms with Crippen molar-refractivity contribution in [2.45, 2.75) is 57.7 Å². The molecule has 3 heteroatoms. The second-order valence-corrected chi connectivity index (χ2v) is 9.19. The average Bonchev–Trinajstić information content (AvgIpc) is 2.81. The molecule has 2 fully saturated rings. The zero-order chi connectivity index (χ0) is 20.8. The third kappa shape index (κ3) is 5.55. The molecule has 2 nitrogen and oxygen atoms in total. The van der Waals surface area contributed by atoms with E-state index in [0.29, 0.717) is 17.8 Å². The monoisotopic (exact) mass is 424 g/mol. The first-order chi connectivity index (χ1) is 14.7. The Bertz CT molecular complexity index is 796. The van der Waals surface area contributed by atoms with Crippen LogP contribution in [0.25, 0.3) is 11.1 Å². The standard InChI is InChI=1S/C27H33ClO2/c1-2-3-4-5-20-18-29-27(30-19-20)25-12-10-23(11-13-25)21-6-8-22(9-7-21)24-14-16-26(28)17-15-24/h4-9,14-17,20,23,25,27H,2-3,10-13,18-19H2,1H3/t20-,23-,25-,27-. The summed E-state index contributed by atoms with van der Waals surface area (Å²) in [5.74, 6) is 1.60. The highest BCUT2D eigenvalue weighted by Gasteiger charge is 2.32. The van der Waals surface area contributed by atoms with Gasteiger partial charge in [-0.2, -0.15) is 0 Å². The Labute approximate surface area is 186 Å². The van der Waals surface area contributed by atoms with Crippen LogP contribution in [0.2, 0.25) is 5.02 Å². The largest absolute Gasteiger partial charge is 0.352 e. The fraction of sp³-hybridized carbons (Fsp3) is 0.481. The lowest BCUT2D eigenvalue weighted by Crippen LogP contribution is -2.37. The number of allylic oxidation sites excluding steroid dienone is 1. The number of rotatable bonds is 6. The number of halogens is 1. The molecule has 30 heavy (non-hydrogen) atoms. The molecule has 0 aromatic heterocycles. The third-order valence-electron chi connectivity index (χ3n) is 6.53. The summed E-state index contributed by atoms with van der Waals surface area (Å²) in [7, 11) is 0. The summed E-state index contributed by atoms with van der Waals surface area (Å²) >= 11 is 6.01. The molecule has 0 unspecified atom stereocenters. The molecular weight excluding hydrogens is 392 g/mol. The first kappa shape index (κ1) is 21.6. The van der Waals surface area contributed by atoms with E-state index in [1.165, 1.54) is 48.8 Å². The van der Waals surface area contributed by atoms with E-state index in [0.717, 1.165) is 24.7 Å². The van der Waals surface area contributed by atoms with Gasteiger partial charge in [-0.15, -0.1) is 0 Å². The quantitative estimate of drug-likeness (QED) is 0.444. The molecule has 2 aromatic carbocycles. The van der Waals surface area contributed by atoms with Crippen molar-refractivity contribution in [3.05, 3.63) is 71.3 Å². The number of hydrogen-bond acceptors (Lipinski definition) is 2. The molecule has 1 heterocycles. The summed E-state index contributed by atoms with van der Waals surface area (Å²) in [4.78, 5) is 0. The number of benzene rings is 2. The van der Waals surface area contributed by atoms with Gasteiger partial charge in [-0.1, -0.05) is 73.5 Å². The first-order valence-corrected chi connectivity index (χ1v) is 11.9. The summed E-state index contributed by atoms with van der Waals surface area (Å²) in [6.07, 6.45) is 11.7. The van der Waals surface area contributed by atoms with Gasteiger partial charge in [0.1, 0.15) is 0 Å². The van der Waals surface area contributed by atoms with Gasteiger partial charge in [0.15, 0.2) is 6.29 Å². The van der Waals surface area contributed by atoms with Gasteiger partial charge in [0, 0.05) is 16.9 Å². The molecule has 1 saturated heterocycles. The average molecular weight is 425 g/mol. The Morgan fingerprint density at radius 1 is 0.867 bits per heavy atom. The van der Waals surface area contributed by atoms with Crippen molar-refractivity contribution in [1.29, 1.82) is 0 Å². The first-order valence-electron chi connectivity index (χ1n) is 11.5. The van der Waals surface area contributed by atoms with Crippen LogP contribution < -0.4 is 0 Å². The topological polar surface area (TPSA) is 18.5 Å². The van der Waals surface area contributed by atoms with Crippen LogP contribution in [0.5, 0.6) is 0 Å². The maximum atomic E-state index is 6.09. The normalized spacial score (nSPS) is 27.4. The number of ether oxygens (including phenoxy) is 2. The van der Waals surface area contributed by atoms with Crippen molar-refractivity contribution in [1.82, 2.24) is 0 Å². The number of hydrogen-bond donors (Lipinski definition) is 0. The maximum Gasteiger partial charge on any atom is 0.160 e. The lowest BCUT2D eigenvalue weighted by Gasteiger charge is -2.37. The molecule has 1 aliphatic heterocycles. The van der Waals surface area contributed by atoms with Gasteiger partial charge >= 0.3 is 0 Å². The summed E-state index contributed by atoms with van der Waals surface area (Å²) in [5.41, 5.74) is 3.91. The minimum absolute atomic E-state index is 0.00550. The van der Waals surface area contributed by atoms with Gasteiger partial charge in [0.25, 0.3) is 0 Å². The molecule has 0 amide bonds. The maximum absolute atomic E-state index is 6.09. The minimum Gasteiger partial charge on any atom is -0.352 e. The van der Waals surface area contributed by atoms with Gasteiger partial charge in [0.2, 0.25) is 0 Å². The van der Waals surface area contributed by atoms with E-state index in [-0.39, 0.29) is 6.29 Å². The van der Waals surface area contributed by atoms with Gasteiger partial charge in [-0.05, 0) is 66.8 Å². The molecule has 4 rings (SSSR count). The molecule has 0 radical (unpaired) electrons. The Balaban J connectivity index is 1.26. The Morgan fingerprint density at radius 3 is 2.07 bits per heavy atom. The van der Waals surface area contributed by atoms with Crippen LogP contribution >= 0.6 is 11.6 Å². The predicted octanol–water partition coefficient (Wildman–Crippen LogP) is 7.63. The molecule has 1 saturated carbocycles. The Kier molecular flexibility index (Phi) is 7.65. The minimum atomic E-state index is -0.00550. The third-order valence-corrected chi connectivity index (χ3v) is 6.78. The van der Waals surface area contributed by atoms with Crippen molar-refractivity contribution in [2.24, 2.45) is 11.8 Å². The van der Waals surface area contributed by atoms with Gasteiger partial charge < -0.3 is 9.47 Å². The van der Waals surface area contributed by atoms with Gasteiger partial charge in [-0.3, -0.25) is 0 Å². The lowest BCUT2D eigenvalue weighted by atomic mass is 9.78. The van der Waals surface area contributed by atoms with Crippen molar-refractivity contribution in [2.75, 3.05) is 13.2 Å². The highest BCUT2D eigenvalue weighted by Crippen LogP contribution is 2.39. The number of unbranched alkanes of at least 4 members (excludes halogenated alkanes) is 1. The summed E-state index contributed by atoms with van der Waals surface area (Å²) in [6.45, 7) is 3.81. The fourth-order valence-corrected chi connectivity index (χ4v) is 4.81. The van der Waals surface area contributed by atoms with Gasteiger partial charge in [0.05, 0.1) is 13.2 Å². The van der Waals surface area contributed by atoms with E-state index in [1.54, 1.807) is 0 Å². The molecule has 2 aromatic rings. The zero-order valence-electron chi connectivity index (χ0n) is 17.9. The van der Waals surface area contributed by atoms with E-state index in [2.05, 4.69) is 55.5 Å². The summed E-state index contributed by atoms with van der Waals surface area (Å²) in [6, 6.07) is 17.1. The molecular formula is C27H33ClO2. The SMILES string of the molecule is CCCC=C[C@H]1CO[C@H]([C@H]2CC[C@H](c3ccc(-c4ccc(Cl)cc4)cc3)CC2)OC1. The van der Waals surface area contributed by atoms with Crippen LogP contribution in [-0.4, -0.2) is 19.5 Å². The van der Waals surface area contributed by atoms with Crippen molar-refractivity contribution in [3.8, 4) is 11.1 Å². The highest BCUT2D eigenvalue weighted by molar-refractivity contribution is 6.30. The van der Waals surface area contributed by atoms with Crippen molar-refractivity contribution in [3.63, 3.8) is 0 Å². The van der Waals surface area contributed by atoms with E-state index in [9.17, 15) is 0 Å². The fourth-order valence-electron chi connectivity index (χ4n) is 4.69. The molecule has 0 atom stereocenters.